The highest BCUT2D eigenvalue weighted by molar-refractivity contribution is 5.91. The first kappa shape index (κ1) is 13.4. The van der Waals surface area contributed by atoms with Gasteiger partial charge in [-0.1, -0.05) is 42.0 Å². The van der Waals surface area contributed by atoms with Crippen LogP contribution >= 0.6 is 0 Å². The molecule has 0 radical (unpaired) electrons. The van der Waals surface area contributed by atoms with Gasteiger partial charge in [-0.15, -0.1) is 0 Å². The van der Waals surface area contributed by atoms with Crippen LogP contribution in [0.1, 0.15) is 31.2 Å². The van der Waals surface area contributed by atoms with E-state index in [0.29, 0.717) is 0 Å². The highest BCUT2D eigenvalue weighted by Crippen LogP contribution is 2.48. The predicted octanol–water partition coefficient (Wildman–Crippen LogP) is 2.14. The molecule has 1 saturated carbocycles. The molecule has 1 aromatic rings. The second-order valence-electron chi connectivity index (χ2n) is 5.77. The number of amides is 1. The summed E-state index contributed by atoms with van der Waals surface area (Å²) in [5, 5.41) is 6.44. The summed E-state index contributed by atoms with van der Waals surface area (Å²) in [6.07, 6.45) is 6.31. The third kappa shape index (κ3) is 2.78. The number of nitrogens with one attached hydrogen (secondary N) is 2. The first-order valence-electron chi connectivity index (χ1n) is 7.54. The van der Waals surface area contributed by atoms with Crippen LogP contribution in [0, 0.1) is 0 Å². The first-order valence-corrected chi connectivity index (χ1v) is 7.54. The molecule has 1 aromatic carbocycles. The van der Waals surface area contributed by atoms with Crippen LogP contribution in [0.2, 0.25) is 0 Å². The number of carbonyl (C=O) groups is 1. The second kappa shape index (κ2) is 5.80. The van der Waals surface area contributed by atoms with E-state index in [1.807, 2.05) is 18.2 Å². The molecule has 0 saturated heterocycles. The largest absolute Gasteiger partial charge is 0.355 e. The molecule has 1 fully saturated rings. The maximum Gasteiger partial charge on any atom is 0.230 e. The lowest BCUT2D eigenvalue weighted by Crippen LogP contribution is -2.35. The van der Waals surface area contributed by atoms with E-state index < -0.39 is 0 Å². The smallest absolute Gasteiger partial charge is 0.230 e. The van der Waals surface area contributed by atoms with Crippen molar-refractivity contribution in [2.24, 2.45) is 0 Å². The summed E-state index contributed by atoms with van der Waals surface area (Å²) in [5.74, 6) is 0.207. The van der Waals surface area contributed by atoms with Gasteiger partial charge in [0.1, 0.15) is 0 Å². The molecule has 106 valence electrons. The molecule has 1 aliphatic carbocycles. The van der Waals surface area contributed by atoms with E-state index in [1.165, 1.54) is 11.1 Å². The van der Waals surface area contributed by atoms with Crippen LogP contribution in [0.4, 0.5) is 0 Å². The Balaban J connectivity index is 1.53. The normalized spacial score (nSPS) is 20.1. The molecular formula is C17H22N2O. The lowest BCUT2D eigenvalue weighted by molar-refractivity contribution is -0.123. The Bertz CT molecular complexity index is 503. The van der Waals surface area contributed by atoms with Gasteiger partial charge in [-0.25, -0.2) is 0 Å². The quantitative estimate of drug-likeness (QED) is 0.805. The average Bonchev–Trinajstić information content (AvgIpc) is 3.31. The number of carbonyl (C=O) groups excluding carboxylic acids is 1. The van der Waals surface area contributed by atoms with Crippen molar-refractivity contribution in [3.8, 4) is 0 Å². The van der Waals surface area contributed by atoms with E-state index in [4.69, 9.17) is 0 Å². The van der Waals surface area contributed by atoms with Crippen molar-refractivity contribution in [2.45, 2.75) is 31.1 Å². The highest BCUT2D eigenvalue weighted by atomic mass is 16.2. The molecule has 0 atom stereocenters. The summed E-state index contributed by atoms with van der Waals surface area (Å²) in [4.78, 5) is 12.4. The second-order valence-corrected chi connectivity index (χ2v) is 5.77. The van der Waals surface area contributed by atoms with Crippen LogP contribution in [0.3, 0.4) is 0 Å². The number of benzene rings is 1. The van der Waals surface area contributed by atoms with Gasteiger partial charge in [0, 0.05) is 13.1 Å². The van der Waals surface area contributed by atoms with Crippen molar-refractivity contribution in [1.29, 1.82) is 0 Å². The molecule has 2 aliphatic rings. The lowest BCUT2D eigenvalue weighted by Gasteiger charge is -2.17. The van der Waals surface area contributed by atoms with Gasteiger partial charge >= 0.3 is 0 Å². The molecular weight excluding hydrogens is 248 g/mol. The van der Waals surface area contributed by atoms with Crippen LogP contribution in [0.25, 0.3) is 0 Å². The zero-order valence-electron chi connectivity index (χ0n) is 11.8. The highest BCUT2D eigenvalue weighted by Gasteiger charge is 2.50. The summed E-state index contributed by atoms with van der Waals surface area (Å²) in [7, 11) is 0. The Labute approximate surface area is 120 Å². The lowest BCUT2D eigenvalue weighted by atomic mass is 9.95. The van der Waals surface area contributed by atoms with Crippen LogP contribution in [-0.2, 0) is 10.2 Å². The Kier molecular flexibility index (Phi) is 3.88. The minimum atomic E-state index is -0.232. The summed E-state index contributed by atoms with van der Waals surface area (Å²) >= 11 is 0. The van der Waals surface area contributed by atoms with Crippen LogP contribution in [0.15, 0.2) is 42.0 Å². The van der Waals surface area contributed by atoms with E-state index >= 15 is 0 Å². The number of rotatable bonds is 5. The minimum absolute atomic E-state index is 0.207. The van der Waals surface area contributed by atoms with Gasteiger partial charge in [-0.2, -0.15) is 0 Å². The van der Waals surface area contributed by atoms with Gasteiger partial charge in [0.05, 0.1) is 5.41 Å². The zero-order valence-corrected chi connectivity index (χ0v) is 11.8. The fourth-order valence-corrected chi connectivity index (χ4v) is 2.93. The number of hydrogen-bond acceptors (Lipinski definition) is 2. The summed E-state index contributed by atoms with van der Waals surface area (Å²) < 4.78 is 0. The molecule has 3 heteroatoms. The molecule has 0 bridgehead atoms. The summed E-state index contributed by atoms with van der Waals surface area (Å²) in [6, 6.07) is 10.2. The summed E-state index contributed by atoms with van der Waals surface area (Å²) in [5.41, 5.74) is 2.40. The van der Waals surface area contributed by atoms with Crippen LogP contribution < -0.4 is 10.6 Å². The Morgan fingerprint density at radius 3 is 2.70 bits per heavy atom. The van der Waals surface area contributed by atoms with Gasteiger partial charge in [0.25, 0.3) is 0 Å². The van der Waals surface area contributed by atoms with E-state index in [2.05, 4.69) is 28.8 Å². The van der Waals surface area contributed by atoms with Gasteiger partial charge in [0.2, 0.25) is 5.91 Å². The molecule has 0 aromatic heterocycles. The van der Waals surface area contributed by atoms with Gasteiger partial charge in [-0.3, -0.25) is 4.79 Å². The van der Waals surface area contributed by atoms with Crippen molar-refractivity contribution in [1.82, 2.24) is 10.6 Å². The third-order valence-corrected chi connectivity index (χ3v) is 4.40. The fraction of sp³-hybridized carbons (Fsp3) is 0.471. The SMILES string of the molecule is O=C(NCCC1=CCNCC1)C1(c2ccccc2)CC1. The molecule has 0 spiro atoms. The minimum Gasteiger partial charge on any atom is -0.355 e. The molecule has 1 amide bonds. The molecule has 20 heavy (non-hydrogen) atoms. The van der Waals surface area contributed by atoms with E-state index in [1.54, 1.807) is 0 Å². The van der Waals surface area contributed by atoms with Crippen molar-refractivity contribution in [3.05, 3.63) is 47.5 Å². The van der Waals surface area contributed by atoms with Gasteiger partial charge < -0.3 is 10.6 Å². The van der Waals surface area contributed by atoms with E-state index in [0.717, 1.165) is 45.3 Å². The van der Waals surface area contributed by atoms with Crippen molar-refractivity contribution < 1.29 is 4.79 Å². The molecule has 1 aliphatic heterocycles. The first-order chi connectivity index (χ1) is 9.81. The average molecular weight is 270 g/mol. The third-order valence-electron chi connectivity index (χ3n) is 4.40. The van der Waals surface area contributed by atoms with Gasteiger partial charge in [-0.05, 0) is 37.8 Å². The van der Waals surface area contributed by atoms with Crippen molar-refractivity contribution in [2.75, 3.05) is 19.6 Å². The molecule has 0 unspecified atom stereocenters. The summed E-state index contributed by atoms with van der Waals surface area (Å²) in [6.45, 7) is 2.80. The molecule has 1 heterocycles. The zero-order chi connectivity index (χ0) is 13.8. The van der Waals surface area contributed by atoms with Crippen LogP contribution in [-0.4, -0.2) is 25.5 Å². The molecule has 2 N–H and O–H groups in total. The Hall–Kier alpha value is -1.61. The van der Waals surface area contributed by atoms with Gasteiger partial charge in [0.15, 0.2) is 0 Å². The number of hydrogen-bond donors (Lipinski definition) is 2. The molecule has 3 rings (SSSR count). The monoisotopic (exact) mass is 270 g/mol. The van der Waals surface area contributed by atoms with Crippen molar-refractivity contribution in [3.63, 3.8) is 0 Å². The Morgan fingerprint density at radius 1 is 1.25 bits per heavy atom. The van der Waals surface area contributed by atoms with Crippen LogP contribution in [0.5, 0.6) is 0 Å². The van der Waals surface area contributed by atoms with Crippen molar-refractivity contribution >= 4 is 5.91 Å². The maximum absolute atomic E-state index is 12.4. The Morgan fingerprint density at radius 2 is 2.05 bits per heavy atom. The topological polar surface area (TPSA) is 41.1 Å². The predicted molar refractivity (Wildman–Crippen MR) is 80.6 cm³/mol. The van der Waals surface area contributed by atoms with E-state index in [-0.39, 0.29) is 11.3 Å². The fourth-order valence-electron chi connectivity index (χ4n) is 2.93. The molecule has 3 nitrogen and oxygen atoms in total. The standard InChI is InChI=1S/C17H22N2O/c20-16(19-13-8-14-6-11-18-12-7-14)17(9-10-17)15-4-2-1-3-5-15/h1-6,18H,7-13H2,(H,19,20). The van der Waals surface area contributed by atoms with E-state index in [9.17, 15) is 4.79 Å². The maximum atomic E-state index is 12.4.